The van der Waals surface area contributed by atoms with E-state index in [1.165, 1.54) is 24.3 Å². The fourth-order valence-corrected chi connectivity index (χ4v) is 4.68. The molecule has 0 bridgehead atoms. The molecule has 1 saturated heterocycles. The molecule has 0 aliphatic carbocycles. The number of nitrogens with one attached hydrogen (secondary N) is 1. The molecular formula is C22H20Cl2FN3O4. The number of ether oxygens (including phenoxy) is 1. The van der Waals surface area contributed by atoms with Crippen molar-refractivity contribution in [1.82, 2.24) is 0 Å². The lowest BCUT2D eigenvalue weighted by Crippen LogP contribution is -2.58. The zero-order valence-electron chi connectivity index (χ0n) is 16.9. The molecule has 2 heterocycles. The summed E-state index contributed by atoms with van der Waals surface area (Å²) in [5, 5.41) is 34.3. The number of piperidine rings is 1. The number of hydrogen-bond donors (Lipinski definition) is 3. The Kier molecular flexibility index (Phi) is 6.19. The molecular weight excluding hydrogens is 460 g/mol. The summed E-state index contributed by atoms with van der Waals surface area (Å²) in [6.45, 7) is 0.103. The lowest BCUT2D eigenvalue weighted by atomic mass is 9.88. The van der Waals surface area contributed by atoms with Gasteiger partial charge in [0.1, 0.15) is 35.9 Å². The number of fused-ring (bicyclic) bond motifs is 1. The van der Waals surface area contributed by atoms with Crippen LogP contribution in [0.15, 0.2) is 24.3 Å². The number of halogens is 3. The number of anilines is 2. The Hall–Kier alpha value is -2.57. The van der Waals surface area contributed by atoms with E-state index in [9.17, 15) is 24.7 Å². The Labute approximate surface area is 193 Å². The summed E-state index contributed by atoms with van der Waals surface area (Å²) in [7, 11) is 0. The molecule has 0 radical (unpaired) electrons. The van der Waals surface area contributed by atoms with Crippen molar-refractivity contribution in [3.63, 3.8) is 0 Å². The highest BCUT2D eigenvalue weighted by atomic mass is 35.5. The minimum atomic E-state index is -1.57. The van der Waals surface area contributed by atoms with E-state index in [0.717, 1.165) is 0 Å². The van der Waals surface area contributed by atoms with Crippen molar-refractivity contribution in [1.29, 1.82) is 5.26 Å². The van der Waals surface area contributed by atoms with E-state index in [0.29, 0.717) is 35.0 Å². The normalized spacial score (nSPS) is 22.7. The van der Waals surface area contributed by atoms with E-state index in [2.05, 4.69) is 11.4 Å². The quantitative estimate of drug-likeness (QED) is 0.621. The van der Waals surface area contributed by atoms with Crippen molar-refractivity contribution in [2.24, 2.45) is 0 Å². The third-order valence-electron chi connectivity index (χ3n) is 5.86. The van der Waals surface area contributed by atoms with Crippen molar-refractivity contribution in [2.75, 3.05) is 29.9 Å². The number of hydrogen-bond acceptors (Lipinski definition) is 6. The Morgan fingerprint density at radius 3 is 2.84 bits per heavy atom. The van der Waals surface area contributed by atoms with Crippen molar-refractivity contribution >= 4 is 40.5 Å². The van der Waals surface area contributed by atoms with Crippen LogP contribution in [-0.4, -0.2) is 47.5 Å². The van der Waals surface area contributed by atoms with Gasteiger partial charge in [-0.1, -0.05) is 23.2 Å². The van der Waals surface area contributed by atoms with E-state index in [1.807, 2.05) is 0 Å². The maximum absolute atomic E-state index is 14.1. The smallest absolute Gasteiger partial charge is 0.224 e. The highest BCUT2D eigenvalue weighted by Crippen LogP contribution is 2.38. The van der Waals surface area contributed by atoms with Gasteiger partial charge in [0.15, 0.2) is 0 Å². The van der Waals surface area contributed by atoms with Crippen LogP contribution < -0.4 is 15.0 Å². The van der Waals surface area contributed by atoms with Gasteiger partial charge >= 0.3 is 0 Å². The maximum atomic E-state index is 14.1. The van der Waals surface area contributed by atoms with Crippen LogP contribution in [0.1, 0.15) is 24.0 Å². The second kappa shape index (κ2) is 8.75. The van der Waals surface area contributed by atoms with Gasteiger partial charge in [0.25, 0.3) is 0 Å². The molecule has 1 amide bonds. The molecule has 4 rings (SSSR count). The molecule has 0 unspecified atom stereocenters. The molecule has 2 aliphatic heterocycles. The molecule has 2 aromatic carbocycles. The fraction of sp³-hybridized carbons (Fsp3) is 0.364. The van der Waals surface area contributed by atoms with Gasteiger partial charge in [-0.3, -0.25) is 4.79 Å². The second-order valence-corrected chi connectivity index (χ2v) is 8.79. The Balaban J connectivity index is 1.50. The molecule has 1 fully saturated rings. The molecule has 0 aromatic heterocycles. The van der Waals surface area contributed by atoms with Crippen LogP contribution in [0, 0.1) is 17.1 Å². The number of nitriles is 1. The summed E-state index contributed by atoms with van der Waals surface area (Å²) >= 11 is 12.3. The summed E-state index contributed by atoms with van der Waals surface area (Å²) in [5.74, 6) is -0.481. The average Bonchev–Trinajstić information content (AvgIpc) is 2.75. The Morgan fingerprint density at radius 1 is 1.34 bits per heavy atom. The predicted octanol–water partition coefficient (Wildman–Crippen LogP) is 3.27. The molecule has 2 atom stereocenters. The molecule has 7 nitrogen and oxygen atoms in total. The van der Waals surface area contributed by atoms with Gasteiger partial charge in [0, 0.05) is 30.1 Å². The highest BCUT2D eigenvalue weighted by Gasteiger charge is 2.42. The number of rotatable bonds is 4. The number of β-amino-alcohol motifs (C(OH)–C–C–N with tert-alkyl or cyclic N) is 1. The fourth-order valence-electron chi connectivity index (χ4n) is 4.07. The minimum absolute atomic E-state index is 0.0213. The highest BCUT2D eigenvalue weighted by molar-refractivity contribution is 6.36. The summed E-state index contributed by atoms with van der Waals surface area (Å²) in [4.78, 5) is 13.3. The second-order valence-electron chi connectivity index (χ2n) is 7.95. The predicted molar refractivity (Wildman–Crippen MR) is 118 cm³/mol. The summed E-state index contributed by atoms with van der Waals surface area (Å²) in [6.07, 6.45) is -0.546. The molecule has 3 N–H and O–H groups in total. The van der Waals surface area contributed by atoms with Crippen LogP contribution in [0.4, 0.5) is 15.8 Å². The number of nitrogens with zero attached hydrogens (tertiary/aromatic N) is 2. The zero-order valence-corrected chi connectivity index (χ0v) is 18.4. The number of aliphatic hydroxyl groups excluding tert-OH is 1. The SMILES string of the molecule is N#Cc1cc(Cl)cc(Cl)c1N1CC[C@@](O)(COc2ccc(F)c3c2CCC(=O)N3)[C@H](O)C1. The van der Waals surface area contributed by atoms with Gasteiger partial charge in [-0.05, 0) is 37.1 Å². The van der Waals surface area contributed by atoms with E-state index in [-0.39, 0.29) is 48.2 Å². The monoisotopic (exact) mass is 479 g/mol. The van der Waals surface area contributed by atoms with E-state index in [1.54, 1.807) is 4.90 Å². The van der Waals surface area contributed by atoms with Gasteiger partial charge in [-0.25, -0.2) is 4.39 Å². The number of carbonyl (C=O) groups is 1. The van der Waals surface area contributed by atoms with E-state index < -0.39 is 17.5 Å². The molecule has 2 aromatic rings. The largest absolute Gasteiger partial charge is 0.490 e. The van der Waals surface area contributed by atoms with E-state index >= 15 is 0 Å². The zero-order chi connectivity index (χ0) is 23.0. The van der Waals surface area contributed by atoms with Crippen molar-refractivity contribution in [3.8, 4) is 11.8 Å². The van der Waals surface area contributed by atoms with Gasteiger partial charge < -0.3 is 25.2 Å². The number of aliphatic hydroxyl groups is 2. The van der Waals surface area contributed by atoms with Gasteiger partial charge in [0.05, 0.1) is 22.0 Å². The standard InChI is InChI=1S/C22H20Cl2FN3O4/c23-13-7-12(9-26)21(15(24)8-13)28-6-5-22(31,18(29)10-28)11-32-17-3-2-16(25)20-14(17)1-4-19(30)27-20/h2-3,7-8,18,29,31H,1,4-6,10-11H2,(H,27,30)/t18-,22-/m1/s1. The third kappa shape index (κ3) is 4.21. The molecule has 10 heteroatoms. The van der Waals surface area contributed by atoms with Gasteiger partial charge in [-0.2, -0.15) is 5.26 Å². The number of amides is 1. The minimum Gasteiger partial charge on any atom is -0.490 e. The van der Waals surface area contributed by atoms with Crippen LogP contribution in [-0.2, 0) is 11.2 Å². The Bertz CT molecular complexity index is 1120. The molecule has 0 spiro atoms. The van der Waals surface area contributed by atoms with Gasteiger partial charge in [0.2, 0.25) is 5.91 Å². The van der Waals surface area contributed by atoms with Crippen molar-refractivity contribution in [2.45, 2.75) is 31.0 Å². The summed E-state index contributed by atoms with van der Waals surface area (Å²) in [5.41, 5.74) is -0.240. The number of benzene rings is 2. The summed E-state index contributed by atoms with van der Waals surface area (Å²) < 4.78 is 19.9. The van der Waals surface area contributed by atoms with Crippen molar-refractivity contribution < 1.29 is 24.1 Å². The van der Waals surface area contributed by atoms with E-state index in [4.69, 9.17) is 27.9 Å². The van der Waals surface area contributed by atoms with Crippen LogP contribution in [0.3, 0.4) is 0 Å². The number of carbonyl (C=O) groups excluding carboxylic acids is 1. The van der Waals surface area contributed by atoms with Crippen LogP contribution in [0.2, 0.25) is 10.0 Å². The lowest BCUT2D eigenvalue weighted by molar-refractivity contribution is -0.116. The molecule has 32 heavy (non-hydrogen) atoms. The lowest BCUT2D eigenvalue weighted by Gasteiger charge is -2.43. The third-order valence-corrected chi connectivity index (χ3v) is 6.36. The first kappa shape index (κ1) is 22.6. The molecule has 2 aliphatic rings. The van der Waals surface area contributed by atoms with Crippen LogP contribution >= 0.6 is 23.2 Å². The molecule has 0 saturated carbocycles. The average molecular weight is 480 g/mol. The summed E-state index contributed by atoms with van der Waals surface area (Å²) in [6, 6.07) is 7.71. The molecule has 168 valence electrons. The Morgan fingerprint density at radius 2 is 2.12 bits per heavy atom. The van der Waals surface area contributed by atoms with Crippen molar-refractivity contribution in [3.05, 3.63) is 51.3 Å². The maximum Gasteiger partial charge on any atom is 0.224 e. The first-order valence-electron chi connectivity index (χ1n) is 10.0. The first-order chi connectivity index (χ1) is 15.2. The topological polar surface area (TPSA) is 106 Å². The van der Waals surface area contributed by atoms with Gasteiger partial charge in [-0.15, -0.1) is 0 Å². The van der Waals surface area contributed by atoms with Crippen LogP contribution in [0.25, 0.3) is 0 Å². The van der Waals surface area contributed by atoms with Crippen LogP contribution in [0.5, 0.6) is 5.75 Å². The first-order valence-corrected chi connectivity index (χ1v) is 10.8.